The van der Waals surface area contributed by atoms with Gasteiger partial charge in [0.25, 0.3) is 0 Å². The van der Waals surface area contributed by atoms with Crippen molar-refractivity contribution in [2.75, 3.05) is 36.9 Å². The molecule has 1 fully saturated rings. The maximum Gasteiger partial charge on any atom is 0.133 e. The van der Waals surface area contributed by atoms with Crippen molar-refractivity contribution in [3.05, 3.63) is 47.4 Å². The zero-order valence-corrected chi connectivity index (χ0v) is 12.1. The van der Waals surface area contributed by atoms with Crippen LogP contribution < -0.4 is 10.6 Å². The topological polar surface area (TPSA) is 67.2 Å². The van der Waals surface area contributed by atoms with Crippen molar-refractivity contribution >= 4 is 11.5 Å². The number of nitrogen functional groups attached to an aromatic ring is 1. The Labute approximate surface area is 128 Å². The van der Waals surface area contributed by atoms with Crippen molar-refractivity contribution < 1.29 is 9.13 Å². The normalized spacial score (nSPS) is 14.8. The Hall–Kier alpha value is -2.52. The van der Waals surface area contributed by atoms with Crippen LogP contribution in [-0.4, -0.2) is 30.9 Å². The summed E-state index contributed by atoms with van der Waals surface area (Å²) in [6.07, 6.45) is 0. The molecule has 22 heavy (non-hydrogen) atoms. The van der Waals surface area contributed by atoms with Gasteiger partial charge in [0.15, 0.2) is 0 Å². The molecule has 6 heteroatoms. The van der Waals surface area contributed by atoms with Crippen molar-refractivity contribution in [3.63, 3.8) is 0 Å². The largest absolute Gasteiger partial charge is 0.396 e. The second-order valence-corrected chi connectivity index (χ2v) is 5.20. The van der Waals surface area contributed by atoms with Crippen molar-refractivity contribution in [2.24, 2.45) is 0 Å². The number of halogens is 1. The molecule has 0 aliphatic carbocycles. The van der Waals surface area contributed by atoms with E-state index in [2.05, 4.69) is 11.0 Å². The molecule has 1 saturated heterocycles. The Morgan fingerprint density at radius 1 is 1.27 bits per heavy atom. The van der Waals surface area contributed by atoms with Crippen LogP contribution in [0.15, 0.2) is 30.3 Å². The van der Waals surface area contributed by atoms with Crippen molar-refractivity contribution in [1.82, 2.24) is 4.57 Å². The number of nitrogens with two attached hydrogens (primary N) is 1. The summed E-state index contributed by atoms with van der Waals surface area (Å²) in [5.41, 5.74) is 7.59. The van der Waals surface area contributed by atoms with E-state index in [1.807, 2.05) is 0 Å². The minimum absolute atomic E-state index is 0.277. The standard InChI is InChI=1S/C16H17FN4O/c17-14-4-2-1-3-12(14)11-21-13(10-18)9-15(19)16(21)20-5-7-22-8-6-20/h1-4,9H,5-8,11,19H2. The molecule has 1 aromatic heterocycles. The number of morpholine rings is 1. The average Bonchev–Trinajstić information content (AvgIpc) is 2.86. The van der Waals surface area contributed by atoms with Crippen molar-refractivity contribution in [1.29, 1.82) is 5.26 Å². The van der Waals surface area contributed by atoms with E-state index >= 15 is 0 Å². The van der Waals surface area contributed by atoms with Gasteiger partial charge in [-0.2, -0.15) is 5.26 Å². The van der Waals surface area contributed by atoms with Crippen molar-refractivity contribution in [2.45, 2.75) is 6.54 Å². The highest BCUT2D eigenvalue weighted by molar-refractivity contribution is 5.68. The lowest BCUT2D eigenvalue weighted by Gasteiger charge is -2.30. The lowest BCUT2D eigenvalue weighted by molar-refractivity contribution is 0.122. The van der Waals surface area contributed by atoms with Crippen LogP contribution in [0.1, 0.15) is 11.3 Å². The zero-order chi connectivity index (χ0) is 15.5. The molecule has 114 valence electrons. The maximum atomic E-state index is 13.9. The van der Waals surface area contributed by atoms with Gasteiger partial charge in [-0.05, 0) is 12.1 Å². The number of hydrogen-bond donors (Lipinski definition) is 1. The Bertz CT molecular complexity index is 713. The number of hydrogen-bond acceptors (Lipinski definition) is 4. The number of benzene rings is 1. The van der Waals surface area contributed by atoms with Crippen LogP contribution in [0.3, 0.4) is 0 Å². The Balaban J connectivity index is 2.01. The molecule has 2 aromatic rings. The number of nitrogens with zero attached hydrogens (tertiary/aromatic N) is 3. The molecule has 5 nitrogen and oxygen atoms in total. The molecule has 0 atom stereocenters. The predicted octanol–water partition coefficient (Wildman–Crippen LogP) is 1.97. The summed E-state index contributed by atoms with van der Waals surface area (Å²) in [4.78, 5) is 2.08. The van der Waals surface area contributed by atoms with Gasteiger partial charge in [-0.25, -0.2) is 4.39 Å². The van der Waals surface area contributed by atoms with Gasteiger partial charge in [-0.1, -0.05) is 18.2 Å². The highest BCUT2D eigenvalue weighted by atomic mass is 19.1. The first-order valence-corrected chi connectivity index (χ1v) is 7.16. The minimum Gasteiger partial charge on any atom is -0.396 e. The molecule has 0 spiro atoms. The summed E-state index contributed by atoms with van der Waals surface area (Å²) < 4.78 is 21.1. The molecule has 2 heterocycles. The minimum atomic E-state index is -0.286. The molecule has 2 N–H and O–H groups in total. The number of ether oxygens (including phenoxy) is 1. The van der Waals surface area contributed by atoms with E-state index in [4.69, 9.17) is 10.5 Å². The van der Waals surface area contributed by atoms with E-state index in [9.17, 15) is 9.65 Å². The second kappa shape index (κ2) is 6.08. The summed E-state index contributed by atoms with van der Waals surface area (Å²) in [5, 5.41) is 9.34. The summed E-state index contributed by atoms with van der Waals surface area (Å²) in [5.74, 6) is 0.481. The third-order valence-electron chi connectivity index (χ3n) is 3.81. The molecule has 1 aliphatic heterocycles. The summed E-state index contributed by atoms with van der Waals surface area (Å²) >= 11 is 0. The third-order valence-corrected chi connectivity index (χ3v) is 3.81. The van der Waals surface area contributed by atoms with Crippen LogP contribution in [-0.2, 0) is 11.3 Å². The van der Waals surface area contributed by atoms with E-state index < -0.39 is 0 Å². The van der Waals surface area contributed by atoms with E-state index in [-0.39, 0.29) is 12.4 Å². The first-order chi connectivity index (χ1) is 10.7. The smallest absolute Gasteiger partial charge is 0.133 e. The van der Waals surface area contributed by atoms with Crippen LogP contribution in [0.25, 0.3) is 0 Å². The molecule has 0 saturated carbocycles. The number of rotatable bonds is 3. The number of aromatic nitrogens is 1. The zero-order valence-electron chi connectivity index (χ0n) is 12.1. The SMILES string of the molecule is N#Cc1cc(N)c(N2CCOCC2)n1Cc1ccccc1F. The fourth-order valence-corrected chi connectivity index (χ4v) is 2.74. The fraction of sp³-hybridized carbons (Fsp3) is 0.312. The van der Waals surface area contributed by atoms with Crippen molar-refractivity contribution in [3.8, 4) is 6.07 Å². The molecule has 0 unspecified atom stereocenters. The van der Waals surface area contributed by atoms with E-state index in [0.717, 1.165) is 5.82 Å². The third kappa shape index (κ3) is 2.63. The lowest BCUT2D eigenvalue weighted by Crippen LogP contribution is -2.38. The van der Waals surface area contributed by atoms with Gasteiger partial charge < -0.3 is 19.9 Å². The van der Waals surface area contributed by atoms with E-state index in [0.29, 0.717) is 43.2 Å². The molecule has 1 aliphatic rings. The van der Waals surface area contributed by atoms with Gasteiger partial charge in [-0.3, -0.25) is 0 Å². The van der Waals surface area contributed by atoms with E-state index in [1.54, 1.807) is 28.8 Å². The molecule has 0 bridgehead atoms. The first-order valence-electron chi connectivity index (χ1n) is 7.16. The lowest BCUT2D eigenvalue weighted by atomic mass is 10.2. The van der Waals surface area contributed by atoms with E-state index in [1.165, 1.54) is 6.07 Å². The van der Waals surface area contributed by atoms with Crippen LogP contribution in [0.5, 0.6) is 0 Å². The highest BCUT2D eigenvalue weighted by Gasteiger charge is 2.21. The average molecular weight is 300 g/mol. The Morgan fingerprint density at radius 2 is 2.00 bits per heavy atom. The Kier molecular flexibility index (Phi) is 3.98. The van der Waals surface area contributed by atoms with Crippen LogP contribution in [0.2, 0.25) is 0 Å². The predicted molar refractivity (Wildman–Crippen MR) is 82.1 cm³/mol. The van der Waals surface area contributed by atoms with Crippen LogP contribution in [0, 0.1) is 17.1 Å². The summed E-state index contributed by atoms with van der Waals surface area (Å²) in [6, 6.07) is 10.4. The number of nitriles is 1. The summed E-state index contributed by atoms with van der Waals surface area (Å²) in [6.45, 7) is 2.92. The highest BCUT2D eigenvalue weighted by Crippen LogP contribution is 2.29. The molecular formula is C16H17FN4O. The van der Waals surface area contributed by atoms with Gasteiger partial charge in [0.1, 0.15) is 23.4 Å². The first kappa shape index (κ1) is 14.4. The van der Waals surface area contributed by atoms with Gasteiger partial charge in [0.05, 0.1) is 25.4 Å². The fourth-order valence-electron chi connectivity index (χ4n) is 2.74. The van der Waals surface area contributed by atoms with Crippen LogP contribution >= 0.6 is 0 Å². The van der Waals surface area contributed by atoms with Gasteiger partial charge in [0, 0.05) is 18.7 Å². The van der Waals surface area contributed by atoms with Gasteiger partial charge >= 0.3 is 0 Å². The maximum absolute atomic E-state index is 13.9. The number of anilines is 2. The molecular weight excluding hydrogens is 283 g/mol. The van der Waals surface area contributed by atoms with Gasteiger partial charge in [0.2, 0.25) is 0 Å². The molecule has 1 aromatic carbocycles. The molecule has 3 rings (SSSR count). The van der Waals surface area contributed by atoms with Crippen LogP contribution in [0.4, 0.5) is 15.9 Å². The molecule has 0 radical (unpaired) electrons. The summed E-state index contributed by atoms with van der Waals surface area (Å²) in [7, 11) is 0. The Morgan fingerprint density at radius 3 is 2.68 bits per heavy atom. The monoisotopic (exact) mass is 300 g/mol. The quantitative estimate of drug-likeness (QED) is 0.941. The second-order valence-electron chi connectivity index (χ2n) is 5.20. The van der Waals surface area contributed by atoms with Gasteiger partial charge in [-0.15, -0.1) is 0 Å². The molecule has 0 amide bonds.